The van der Waals surface area contributed by atoms with Gasteiger partial charge in [0.05, 0.1) is 12.2 Å². The number of ether oxygens (including phenoxy) is 1. The molecule has 94 valence electrons. The number of aromatic nitrogens is 1. The number of benzene rings is 1. The highest BCUT2D eigenvalue weighted by Gasteiger charge is 2.21. The van der Waals surface area contributed by atoms with E-state index in [2.05, 4.69) is 4.98 Å². The van der Waals surface area contributed by atoms with Crippen molar-refractivity contribution < 1.29 is 14.3 Å². The lowest BCUT2D eigenvalue weighted by Crippen LogP contribution is -2.17. The van der Waals surface area contributed by atoms with Crippen LogP contribution < -0.4 is 0 Å². The summed E-state index contributed by atoms with van der Waals surface area (Å²) in [6, 6.07) is 5.11. The van der Waals surface area contributed by atoms with E-state index in [1.54, 1.807) is 18.2 Å². The van der Waals surface area contributed by atoms with Gasteiger partial charge < -0.3 is 9.72 Å². The summed E-state index contributed by atoms with van der Waals surface area (Å²) in [7, 11) is 0. The molecular weight excluding hydrogens is 254 g/mol. The van der Waals surface area contributed by atoms with Crippen LogP contribution >= 0.6 is 11.6 Å². The van der Waals surface area contributed by atoms with Crippen LogP contribution in [0.25, 0.3) is 10.9 Å². The standard InChI is InChI=1S/C13H12ClNO3/c1-2-5-18-13(17)12(16)10-7-15-11-4-3-8(14)6-9(10)11/h3-4,6-7,15H,2,5H2,1H3. The van der Waals surface area contributed by atoms with Gasteiger partial charge >= 0.3 is 5.97 Å². The number of fused-ring (bicyclic) bond motifs is 1. The molecule has 0 aliphatic rings. The fourth-order valence-electron chi connectivity index (χ4n) is 1.65. The first-order valence-corrected chi connectivity index (χ1v) is 5.99. The lowest BCUT2D eigenvalue weighted by molar-refractivity contribution is -0.138. The van der Waals surface area contributed by atoms with E-state index in [4.69, 9.17) is 16.3 Å². The Kier molecular flexibility index (Phi) is 3.67. The number of nitrogens with one attached hydrogen (secondary N) is 1. The van der Waals surface area contributed by atoms with E-state index in [1.807, 2.05) is 6.92 Å². The maximum absolute atomic E-state index is 11.9. The second-order valence-electron chi connectivity index (χ2n) is 3.86. The highest BCUT2D eigenvalue weighted by atomic mass is 35.5. The van der Waals surface area contributed by atoms with E-state index >= 15 is 0 Å². The first kappa shape index (κ1) is 12.6. The molecule has 0 radical (unpaired) electrons. The normalized spacial score (nSPS) is 10.6. The van der Waals surface area contributed by atoms with Gasteiger partial charge in [0.1, 0.15) is 0 Å². The monoisotopic (exact) mass is 265 g/mol. The SMILES string of the molecule is CCCOC(=O)C(=O)c1c[nH]c2ccc(Cl)cc12. The highest BCUT2D eigenvalue weighted by molar-refractivity contribution is 6.43. The molecule has 0 saturated carbocycles. The van der Waals surface area contributed by atoms with E-state index in [0.29, 0.717) is 16.8 Å². The van der Waals surface area contributed by atoms with Crippen molar-refractivity contribution in [1.82, 2.24) is 4.98 Å². The average Bonchev–Trinajstić information content (AvgIpc) is 2.77. The maximum Gasteiger partial charge on any atom is 0.379 e. The number of rotatable bonds is 4. The summed E-state index contributed by atoms with van der Waals surface area (Å²) >= 11 is 5.87. The fraction of sp³-hybridized carbons (Fsp3) is 0.231. The molecule has 18 heavy (non-hydrogen) atoms. The summed E-state index contributed by atoms with van der Waals surface area (Å²) in [6.45, 7) is 2.11. The minimum atomic E-state index is -0.835. The molecule has 2 rings (SSSR count). The zero-order valence-corrected chi connectivity index (χ0v) is 10.6. The largest absolute Gasteiger partial charge is 0.460 e. The van der Waals surface area contributed by atoms with Gasteiger partial charge in [-0.1, -0.05) is 18.5 Å². The molecule has 4 nitrogen and oxygen atoms in total. The maximum atomic E-state index is 11.9. The quantitative estimate of drug-likeness (QED) is 0.525. The molecule has 0 unspecified atom stereocenters. The zero-order valence-electron chi connectivity index (χ0n) is 9.83. The van der Waals surface area contributed by atoms with Gasteiger partial charge in [0.2, 0.25) is 0 Å². The summed E-state index contributed by atoms with van der Waals surface area (Å²) in [4.78, 5) is 26.3. The van der Waals surface area contributed by atoms with Gasteiger partial charge in [0, 0.05) is 22.1 Å². The molecule has 0 amide bonds. The van der Waals surface area contributed by atoms with Crippen molar-refractivity contribution >= 4 is 34.3 Å². The third-order valence-corrected chi connectivity index (χ3v) is 2.75. The first-order valence-electron chi connectivity index (χ1n) is 5.61. The number of carbonyl (C=O) groups excluding carboxylic acids is 2. The van der Waals surface area contributed by atoms with Gasteiger partial charge in [-0.05, 0) is 24.6 Å². The molecule has 0 aliphatic carbocycles. The van der Waals surface area contributed by atoms with Crippen molar-refractivity contribution in [2.75, 3.05) is 6.61 Å². The Balaban J connectivity index is 2.33. The number of Topliss-reactive ketones (excluding diaryl/α,β-unsaturated/α-hetero) is 1. The van der Waals surface area contributed by atoms with Gasteiger partial charge in [-0.2, -0.15) is 0 Å². The Bertz CT molecular complexity index is 603. The topological polar surface area (TPSA) is 59.2 Å². The van der Waals surface area contributed by atoms with Crippen LogP contribution in [0.15, 0.2) is 24.4 Å². The molecule has 1 heterocycles. The van der Waals surface area contributed by atoms with Crippen LogP contribution in [0.5, 0.6) is 0 Å². The van der Waals surface area contributed by atoms with Crippen molar-refractivity contribution in [3.63, 3.8) is 0 Å². The van der Waals surface area contributed by atoms with E-state index in [9.17, 15) is 9.59 Å². The molecule has 0 fully saturated rings. The molecule has 0 bridgehead atoms. The van der Waals surface area contributed by atoms with E-state index in [0.717, 1.165) is 5.52 Å². The molecule has 0 atom stereocenters. The van der Waals surface area contributed by atoms with Gasteiger partial charge in [-0.25, -0.2) is 4.79 Å². The molecule has 1 aromatic carbocycles. The van der Waals surface area contributed by atoms with Crippen LogP contribution in [0.1, 0.15) is 23.7 Å². The van der Waals surface area contributed by atoms with Crippen molar-refractivity contribution in [3.05, 3.63) is 35.0 Å². The summed E-state index contributed by atoms with van der Waals surface area (Å²) in [5.74, 6) is -1.49. The van der Waals surface area contributed by atoms with Crippen LogP contribution in [0, 0.1) is 0 Å². The highest BCUT2D eigenvalue weighted by Crippen LogP contribution is 2.22. The predicted molar refractivity (Wildman–Crippen MR) is 68.9 cm³/mol. The Hall–Kier alpha value is -1.81. The van der Waals surface area contributed by atoms with Crippen LogP contribution in [0.4, 0.5) is 0 Å². The van der Waals surface area contributed by atoms with Crippen molar-refractivity contribution in [1.29, 1.82) is 0 Å². The number of halogens is 1. The number of ketones is 1. The third kappa shape index (κ3) is 2.38. The Morgan fingerprint density at radius 1 is 1.39 bits per heavy atom. The summed E-state index contributed by atoms with van der Waals surface area (Å²) in [6.07, 6.45) is 2.18. The number of aromatic amines is 1. The minimum Gasteiger partial charge on any atom is -0.460 e. The summed E-state index contributed by atoms with van der Waals surface area (Å²) < 4.78 is 4.82. The molecule has 5 heteroatoms. The molecule has 2 aromatic rings. The lowest BCUT2D eigenvalue weighted by atomic mass is 10.1. The van der Waals surface area contributed by atoms with Gasteiger partial charge in [0.25, 0.3) is 5.78 Å². The van der Waals surface area contributed by atoms with Crippen molar-refractivity contribution in [2.24, 2.45) is 0 Å². The van der Waals surface area contributed by atoms with Crippen molar-refractivity contribution in [2.45, 2.75) is 13.3 Å². The summed E-state index contributed by atoms with van der Waals surface area (Å²) in [5.41, 5.74) is 1.04. The Morgan fingerprint density at radius 3 is 2.89 bits per heavy atom. The van der Waals surface area contributed by atoms with Crippen LogP contribution in [0.3, 0.4) is 0 Å². The first-order chi connectivity index (χ1) is 8.63. The third-order valence-electron chi connectivity index (χ3n) is 2.51. The second kappa shape index (κ2) is 5.23. The van der Waals surface area contributed by atoms with E-state index < -0.39 is 11.8 Å². The van der Waals surface area contributed by atoms with Crippen LogP contribution in [-0.4, -0.2) is 23.3 Å². The van der Waals surface area contributed by atoms with Crippen molar-refractivity contribution in [3.8, 4) is 0 Å². The predicted octanol–water partition coefficient (Wildman–Crippen LogP) is 2.96. The Labute approximate surface area is 109 Å². The molecule has 0 aliphatic heterocycles. The van der Waals surface area contributed by atoms with Crippen LogP contribution in [0.2, 0.25) is 5.02 Å². The lowest BCUT2D eigenvalue weighted by Gasteiger charge is -2.01. The van der Waals surface area contributed by atoms with Gasteiger partial charge in [0.15, 0.2) is 0 Å². The van der Waals surface area contributed by atoms with E-state index in [-0.39, 0.29) is 12.2 Å². The molecule has 1 aromatic heterocycles. The molecule has 1 N–H and O–H groups in total. The number of esters is 1. The molecule has 0 saturated heterocycles. The average molecular weight is 266 g/mol. The number of hydrogen-bond donors (Lipinski definition) is 1. The Morgan fingerprint density at radius 2 is 2.17 bits per heavy atom. The second-order valence-corrected chi connectivity index (χ2v) is 4.29. The molecular formula is C13H12ClNO3. The number of H-pyrrole nitrogens is 1. The fourth-order valence-corrected chi connectivity index (χ4v) is 1.82. The minimum absolute atomic E-state index is 0.244. The van der Waals surface area contributed by atoms with E-state index in [1.165, 1.54) is 6.20 Å². The smallest absolute Gasteiger partial charge is 0.379 e. The number of hydrogen-bond acceptors (Lipinski definition) is 3. The van der Waals surface area contributed by atoms with Crippen LogP contribution in [-0.2, 0) is 9.53 Å². The summed E-state index contributed by atoms with van der Waals surface area (Å²) in [5, 5.41) is 1.14. The zero-order chi connectivity index (χ0) is 13.1. The molecule has 0 spiro atoms. The van der Waals surface area contributed by atoms with Gasteiger partial charge in [-0.3, -0.25) is 4.79 Å². The number of carbonyl (C=O) groups is 2. The van der Waals surface area contributed by atoms with Gasteiger partial charge in [-0.15, -0.1) is 0 Å².